The second-order valence-electron chi connectivity index (χ2n) is 5.85. The SMILES string of the molecule is COc1cccc(-n2ccn3cc(-c4ccccc4C)nc3c2=O)c1. The minimum atomic E-state index is -0.171. The molecule has 0 spiro atoms. The number of hydrogen-bond acceptors (Lipinski definition) is 3. The van der Waals surface area contributed by atoms with Crippen LogP contribution in [0.15, 0.2) is 71.9 Å². The Hall–Kier alpha value is -3.34. The molecule has 0 radical (unpaired) electrons. The first-order valence-corrected chi connectivity index (χ1v) is 7.98. The molecule has 124 valence electrons. The molecule has 2 aromatic carbocycles. The van der Waals surface area contributed by atoms with Crippen LogP contribution in [-0.4, -0.2) is 21.1 Å². The average molecular weight is 331 g/mol. The lowest BCUT2D eigenvalue weighted by atomic mass is 10.1. The van der Waals surface area contributed by atoms with Crippen LogP contribution >= 0.6 is 0 Å². The van der Waals surface area contributed by atoms with Crippen molar-refractivity contribution in [2.24, 2.45) is 0 Å². The van der Waals surface area contributed by atoms with E-state index in [2.05, 4.69) is 4.98 Å². The first-order valence-electron chi connectivity index (χ1n) is 7.98. The number of rotatable bonds is 3. The Morgan fingerprint density at radius 1 is 1.04 bits per heavy atom. The van der Waals surface area contributed by atoms with E-state index in [-0.39, 0.29) is 5.56 Å². The highest BCUT2D eigenvalue weighted by molar-refractivity contribution is 5.65. The van der Waals surface area contributed by atoms with E-state index in [1.165, 1.54) is 0 Å². The molecule has 5 heteroatoms. The Morgan fingerprint density at radius 2 is 1.88 bits per heavy atom. The largest absolute Gasteiger partial charge is 0.497 e. The van der Waals surface area contributed by atoms with Gasteiger partial charge in [-0.25, -0.2) is 4.98 Å². The fraction of sp³-hybridized carbons (Fsp3) is 0.100. The van der Waals surface area contributed by atoms with Crippen LogP contribution in [0.4, 0.5) is 0 Å². The topological polar surface area (TPSA) is 48.5 Å². The molecule has 0 fully saturated rings. The summed E-state index contributed by atoms with van der Waals surface area (Å²) in [4.78, 5) is 17.5. The van der Waals surface area contributed by atoms with Crippen molar-refractivity contribution < 1.29 is 4.74 Å². The molecule has 2 heterocycles. The third-order valence-electron chi connectivity index (χ3n) is 4.27. The van der Waals surface area contributed by atoms with Gasteiger partial charge in [0.2, 0.25) is 5.65 Å². The van der Waals surface area contributed by atoms with Gasteiger partial charge >= 0.3 is 0 Å². The molecule has 0 bridgehead atoms. The van der Waals surface area contributed by atoms with Crippen LogP contribution in [0.1, 0.15) is 5.56 Å². The molecular formula is C20H17N3O2. The summed E-state index contributed by atoms with van der Waals surface area (Å²) in [6.45, 7) is 2.04. The fourth-order valence-electron chi connectivity index (χ4n) is 2.93. The Morgan fingerprint density at radius 3 is 2.68 bits per heavy atom. The van der Waals surface area contributed by atoms with Crippen LogP contribution in [0.5, 0.6) is 5.75 Å². The number of aryl methyl sites for hydroxylation is 1. The zero-order valence-electron chi connectivity index (χ0n) is 14.0. The van der Waals surface area contributed by atoms with Gasteiger partial charge in [0, 0.05) is 30.2 Å². The minimum absolute atomic E-state index is 0.171. The van der Waals surface area contributed by atoms with Crippen LogP contribution in [0.3, 0.4) is 0 Å². The Labute approximate surface area is 144 Å². The lowest BCUT2D eigenvalue weighted by molar-refractivity contribution is 0.414. The molecule has 0 saturated heterocycles. The number of methoxy groups -OCH3 is 1. The molecule has 25 heavy (non-hydrogen) atoms. The third kappa shape index (κ3) is 2.59. The first kappa shape index (κ1) is 15.2. The van der Waals surface area contributed by atoms with Gasteiger partial charge in [0.15, 0.2) is 0 Å². The lowest BCUT2D eigenvalue weighted by Crippen LogP contribution is -2.19. The third-order valence-corrected chi connectivity index (χ3v) is 4.27. The zero-order valence-corrected chi connectivity index (χ0v) is 14.0. The van der Waals surface area contributed by atoms with Gasteiger partial charge in [-0.3, -0.25) is 9.36 Å². The summed E-state index contributed by atoms with van der Waals surface area (Å²) in [5.41, 5.74) is 3.91. The maximum atomic E-state index is 12.9. The number of imidazole rings is 1. The fourth-order valence-corrected chi connectivity index (χ4v) is 2.93. The quantitative estimate of drug-likeness (QED) is 0.577. The van der Waals surface area contributed by atoms with Gasteiger partial charge in [0.1, 0.15) is 5.75 Å². The van der Waals surface area contributed by atoms with Crippen molar-refractivity contribution in [3.8, 4) is 22.7 Å². The standard InChI is InChI=1S/C20H17N3O2/c1-14-6-3-4-9-17(14)18-13-22-10-11-23(20(24)19(22)21-18)15-7-5-8-16(12-15)25-2/h3-13H,1-2H3. The number of hydrogen-bond donors (Lipinski definition) is 0. The van der Waals surface area contributed by atoms with Crippen LogP contribution in [0, 0.1) is 6.92 Å². The molecule has 0 unspecified atom stereocenters. The molecule has 0 aliphatic carbocycles. The van der Waals surface area contributed by atoms with Crippen molar-refractivity contribution in [2.75, 3.05) is 7.11 Å². The highest BCUT2D eigenvalue weighted by Crippen LogP contribution is 2.22. The van der Waals surface area contributed by atoms with E-state index in [9.17, 15) is 4.79 Å². The van der Waals surface area contributed by atoms with Gasteiger partial charge in [-0.1, -0.05) is 30.3 Å². The monoisotopic (exact) mass is 331 g/mol. The summed E-state index contributed by atoms with van der Waals surface area (Å²) in [7, 11) is 1.61. The van der Waals surface area contributed by atoms with Crippen LogP contribution in [0.25, 0.3) is 22.6 Å². The van der Waals surface area contributed by atoms with Crippen LogP contribution < -0.4 is 10.3 Å². The maximum absolute atomic E-state index is 12.9. The highest BCUT2D eigenvalue weighted by atomic mass is 16.5. The van der Waals surface area contributed by atoms with Gasteiger partial charge in [0.05, 0.1) is 18.5 Å². The molecule has 0 aliphatic heterocycles. The number of nitrogens with zero attached hydrogens (tertiary/aromatic N) is 3. The smallest absolute Gasteiger partial charge is 0.298 e. The Balaban J connectivity index is 1.89. The second kappa shape index (κ2) is 5.94. The van der Waals surface area contributed by atoms with E-state index in [1.807, 2.05) is 67.8 Å². The number of fused-ring (bicyclic) bond motifs is 1. The van der Waals surface area contributed by atoms with Crippen LogP contribution in [-0.2, 0) is 0 Å². The number of benzene rings is 2. The molecule has 4 rings (SSSR count). The van der Waals surface area contributed by atoms with Crippen molar-refractivity contribution in [1.29, 1.82) is 0 Å². The van der Waals surface area contributed by atoms with E-state index in [1.54, 1.807) is 22.3 Å². The maximum Gasteiger partial charge on any atom is 0.298 e. The summed E-state index contributed by atoms with van der Waals surface area (Å²) in [5.74, 6) is 0.702. The van der Waals surface area contributed by atoms with E-state index in [0.29, 0.717) is 11.4 Å². The Bertz CT molecular complexity index is 1130. The average Bonchev–Trinajstić information content (AvgIpc) is 3.07. The normalized spacial score (nSPS) is 11.0. The lowest BCUT2D eigenvalue weighted by Gasteiger charge is -2.07. The van der Waals surface area contributed by atoms with E-state index in [4.69, 9.17) is 4.74 Å². The van der Waals surface area contributed by atoms with Crippen molar-refractivity contribution in [3.63, 3.8) is 0 Å². The number of aromatic nitrogens is 3. The molecule has 0 amide bonds. The predicted octanol–water partition coefficient (Wildman–Crippen LogP) is 3.47. The second-order valence-corrected chi connectivity index (χ2v) is 5.85. The summed E-state index contributed by atoms with van der Waals surface area (Å²) in [6, 6.07) is 15.4. The summed E-state index contributed by atoms with van der Waals surface area (Å²) < 4.78 is 8.58. The van der Waals surface area contributed by atoms with Crippen LogP contribution in [0.2, 0.25) is 0 Å². The summed E-state index contributed by atoms with van der Waals surface area (Å²) in [6.07, 6.45) is 5.47. The first-order chi connectivity index (χ1) is 12.2. The summed E-state index contributed by atoms with van der Waals surface area (Å²) in [5, 5.41) is 0. The molecular weight excluding hydrogens is 314 g/mol. The molecule has 0 saturated carbocycles. The van der Waals surface area contributed by atoms with Crippen molar-refractivity contribution in [1.82, 2.24) is 14.0 Å². The zero-order chi connectivity index (χ0) is 17.4. The number of ether oxygens (including phenoxy) is 1. The van der Waals surface area contributed by atoms with Crippen molar-refractivity contribution in [3.05, 3.63) is 83.0 Å². The molecule has 0 aliphatic rings. The van der Waals surface area contributed by atoms with Gasteiger partial charge in [-0.15, -0.1) is 0 Å². The predicted molar refractivity (Wildman–Crippen MR) is 97.5 cm³/mol. The van der Waals surface area contributed by atoms with Crippen molar-refractivity contribution >= 4 is 5.65 Å². The summed E-state index contributed by atoms with van der Waals surface area (Å²) >= 11 is 0. The Kier molecular flexibility index (Phi) is 3.61. The molecule has 0 atom stereocenters. The van der Waals surface area contributed by atoms with E-state index < -0.39 is 0 Å². The minimum Gasteiger partial charge on any atom is -0.497 e. The highest BCUT2D eigenvalue weighted by Gasteiger charge is 2.11. The molecule has 4 aromatic rings. The molecule has 5 nitrogen and oxygen atoms in total. The van der Waals surface area contributed by atoms with Gasteiger partial charge in [0.25, 0.3) is 5.56 Å². The van der Waals surface area contributed by atoms with Gasteiger partial charge < -0.3 is 9.14 Å². The molecule has 0 N–H and O–H groups in total. The van der Waals surface area contributed by atoms with E-state index >= 15 is 0 Å². The van der Waals surface area contributed by atoms with Gasteiger partial charge in [-0.2, -0.15) is 0 Å². The van der Waals surface area contributed by atoms with E-state index in [0.717, 1.165) is 22.5 Å². The van der Waals surface area contributed by atoms with Gasteiger partial charge in [-0.05, 0) is 24.6 Å². The molecule has 2 aromatic heterocycles. The van der Waals surface area contributed by atoms with Crippen molar-refractivity contribution in [2.45, 2.75) is 6.92 Å².